The van der Waals surface area contributed by atoms with Crippen molar-refractivity contribution in [2.75, 3.05) is 26.2 Å². The van der Waals surface area contributed by atoms with Crippen LogP contribution in [0.2, 0.25) is 15.1 Å². The van der Waals surface area contributed by atoms with Crippen molar-refractivity contribution in [2.24, 2.45) is 11.3 Å². The van der Waals surface area contributed by atoms with Crippen molar-refractivity contribution in [1.29, 1.82) is 0 Å². The number of carbonyl (C=O) groups excluding carboxylic acids is 2. The third-order valence-electron chi connectivity index (χ3n) is 7.61. The lowest BCUT2D eigenvalue weighted by Crippen LogP contribution is -2.63. The lowest BCUT2D eigenvalue weighted by Gasteiger charge is -2.54. The molecule has 3 aliphatic heterocycles. The molecular formula is C22H28Cl3N5O3. The Kier molecular flexibility index (Phi) is 6.68. The Hall–Kier alpha value is -1.29. The molecule has 0 aromatic heterocycles. The van der Waals surface area contributed by atoms with E-state index in [1.54, 1.807) is 17.0 Å². The van der Waals surface area contributed by atoms with Crippen molar-refractivity contribution in [2.45, 2.75) is 50.8 Å². The molecule has 3 saturated heterocycles. The van der Waals surface area contributed by atoms with Crippen LogP contribution in [0, 0.1) is 11.3 Å². The van der Waals surface area contributed by atoms with Gasteiger partial charge in [-0.25, -0.2) is 15.6 Å². The quantitative estimate of drug-likeness (QED) is 0.571. The first-order chi connectivity index (χ1) is 15.8. The molecule has 1 aliphatic carbocycles. The minimum absolute atomic E-state index is 0.000722. The highest BCUT2D eigenvalue weighted by atomic mass is 35.5. The zero-order chi connectivity index (χ0) is 23.2. The van der Waals surface area contributed by atoms with Crippen LogP contribution >= 0.6 is 34.8 Å². The molecule has 11 heteroatoms. The molecule has 4 aliphatic rings. The van der Waals surface area contributed by atoms with Gasteiger partial charge in [-0.05, 0) is 44.2 Å². The van der Waals surface area contributed by atoms with Gasteiger partial charge in [0, 0.05) is 60.2 Å². The topological polar surface area (TPSA) is 85.9 Å². The van der Waals surface area contributed by atoms with E-state index in [9.17, 15) is 9.59 Å². The summed E-state index contributed by atoms with van der Waals surface area (Å²) in [6, 6.07) is 3.88. The fraction of sp³-hybridized carbons (Fsp3) is 0.636. The summed E-state index contributed by atoms with van der Waals surface area (Å²) in [5, 5.41) is 1.19. The monoisotopic (exact) mass is 515 g/mol. The maximum Gasteiger partial charge on any atom is 0.410 e. The number of nitrogens with one attached hydrogen (secondary N) is 3. The smallest absolute Gasteiger partial charge is 0.410 e. The van der Waals surface area contributed by atoms with Gasteiger partial charge in [0.1, 0.15) is 6.61 Å². The highest BCUT2D eigenvalue weighted by molar-refractivity contribution is 6.39. The maximum absolute atomic E-state index is 13.0. The van der Waals surface area contributed by atoms with Gasteiger partial charge in [0.25, 0.3) is 0 Å². The van der Waals surface area contributed by atoms with E-state index in [4.69, 9.17) is 39.5 Å². The Labute approximate surface area is 208 Å². The van der Waals surface area contributed by atoms with E-state index in [2.05, 4.69) is 16.4 Å². The van der Waals surface area contributed by atoms with Crippen LogP contribution in [-0.4, -0.2) is 60.1 Å². The van der Waals surface area contributed by atoms with E-state index in [0.717, 1.165) is 45.2 Å². The molecule has 0 bridgehead atoms. The Morgan fingerprint density at radius 2 is 1.67 bits per heavy atom. The number of hydrogen-bond donors (Lipinski definition) is 3. The number of rotatable bonds is 3. The van der Waals surface area contributed by atoms with Gasteiger partial charge in [0.05, 0.1) is 10.0 Å². The summed E-state index contributed by atoms with van der Waals surface area (Å²) in [5.74, 6) is 0.380. The predicted molar refractivity (Wildman–Crippen MR) is 126 cm³/mol. The van der Waals surface area contributed by atoms with Gasteiger partial charge in [-0.3, -0.25) is 4.79 Å². The largest absolute Gasteiger partial charge is 0.444 e. The SMILES string of the molecule is O=C(OCc1c(Cl)cc(Cl)cc1Cl)N1CCC2(CC1)CN(C(=O)C1CCC3NNNC3C1)C2. The van der Waals surface area contributed by atoms with Crippen LogP contribution in [0.5, 0.6) is 0 Å². The van der Waals surface area contributed by atoms with Gasteiger partial charge in [0.15, 0.2) is 0 Å². The zero-order valence-electron chi connectivity index (χ0n) is 18.2. The first-order valence-electron chi connectivity index (χ1n) is 11.4. The molecule has 3 unspecified atom stereocenters. The highest BCUT2D eigenvalue weighted by Crippen LogP contribution is 2.42. The van der Waals surface area contributed by atoms with Gasteiger partial charge >= 0.3 is 6.09 Å². The number of hydrogen-bond acceptors (Lipinski definition) is 6. The summed E-state index contributed by atoms with van der Waals surface area (Å²) >= 11 is 18.3. The van der Waals surface area contributed by atoms with Crippen LogP contribution in [0.4, 0.5) is 4.79 Å². The first kappa shape index (κ1) is 23.5. The number of benzene rings is 1. The number of likely N-dealkylation sites (tertiary alicyclic amines) is 2. The van der Waals surface area contributed by atoms with Crippen molar-refractivity contribution < 1.29 is 14.3 Å². The van der Waals surface area contributed by atoms with Gasteiger partial charge in [-0.15, -0.1) is 0 Å². The third kappa shape index (κ3) is 4.79. The van der Waals surface area contributed by atoms with Crippen LogP contribution in [0.1, 0.15) is 37.7 Å². The minimum atomic E-state index is -0.373. The van der Waals surface area contributed by atoms with Crippen LogP contribution in [0.3, 0.4) is 0 Å². The molecule has 2 amide bonds. The van der Waals surface area contributed by atoms with E-state index in [0.29, 0.717) is 45.8 Å². The third-order valence-corrected chi connectivity index (χ3v) is 8.50. The minimum Gasteiger partial charge on any atom is -0.444 e. The second-order valence-corrected chi connectivity index (χ2v) is 11.0. The van der Waals surface area contributed by atoms with Crippen LogP contribution in [-0.2, 0) is 16.1 Å². The number of ether oxygens (including phenoxy) is 1. The normalized spacial score (nSPS) is 28.4. The Morgan fingerprint density at radius 1 is 1.00 bits per heavy atom. The van der Waals surface area contributed by atoms with Crippen LogP contribution in [0.15, 0.2) is 12.1 Å². The van der Waals surface area contributed by atoms with Crippen molar-refractivity contribution in [1.82, 2.24) is 26.2 Å². The van der Waals surface area contributed by atoms with Gasteiger partial charge in [0.2, 0.25) is 5.91 Å². The van der Waals surface area contributed by atoms with Gasteiger partial charge in [-0.1, -0.05) is 34.8 Å². The fourth-order valence-corrected chi connectivity index (χ4v) is 6.47. The standard InChI is InChI=1S/C22H28Cl3N5O3/c23-14-8-16(24)15(17(25)9-14)10-33-21(32)29-5-3-22(4-6-29)11-30(12-22)20(31)13-1-2-18-19(7-13)27-28-26-18/h8-9,13,18-19,26-28H,1-7,10-12H2. The van der Waals surface area contributed by atoms with E-state index < -0.39 is 0 Å². The summed E-state index contributed by atoms with van der Waals surface area (Å²) in [6.07, 6.45) is 4.18. The number of piperidine rings is 1. The zero-order valence-corrected chi connectivity index (χ0v) is 20.5. The second-order valence-electron chi connectivity index (χ2n) is 9.72. The Balaban J connectivity index is 1.07. The molecule has 1 saturated carbocycles. The average Bonchev–Trinajstić information content (AvgIpc) is 3.24. The lowest BCUT2D eigenvalue weighted by atomic mass is 9.71. The molecule has 3 atom stereocenters. The fourth-order valence-electron chi connectivity index (χ4n) is 5.55. The molecule has 0 radical (unpaired) electrons. The molecule has 1 aromatic rings. The van der Waals surface area contributed by atoms with Gasteiger partial charge < -0.3 is 14.5 Å². The van der Waals surface area contributed by atoms with E-state index >= 15 is 0 Å². The highest BCUT2D eigenvalue weighted by Gasteiger charge is 2.49. The molecule has 3 heterocycles. The van der Waals surface area contributed by atoms with Crippen molar-refractivity contribution in [3.05, 3.63) is 32.8 Å². The number of carbonyl (C=O) groups is 2. The van der Waals surface area contributed by atoms with Crippen molar-refractivity contribution >= 4 is 46.8 Å². The molecule has 33 heavy (non-hydrogen) atoms. The number of fused-ring (bicyclic) bond motifs is 1. The Morgan fingerprint density at radius 3 is 2.36 bits per heavy atom. The summed E-state index contributed by atoms with van der Waals surface area (Å²) in [5.41, 5.74) is 10.1. The average molecular weight is 517 g/mol. The molecule has 1 aromatic carbocycles. The summed E-state index contributed by atoms with van der Waals surface area (Å²) in [7, 11) is 0. The molecule has 4 fully saturated rings. The molecule has 1 spiro atoms. The van der Waals surface area contributed by atoms with E-state index in [1.165, 1.54) is 0 Å². The predicted octanol–water partition coefficient (Wildman–Crippen LogP) is 3.36. The number of halogens is 3. The molecule has 8 nitrogen and oxygen atoms in total. The molecule has 3 N–H and O–H groups in total. The maximum atomic E-state index is 13.0. The molecule has 180 valence electrons. The van der Waals surface area contributed by atoms with Gasteiger partial charge in [-0.2, -0.15) is 5.53 Å². The number of amides is 2. The number of nitrogens with zero attached hydrogens (tertiary/aromatic N) is 2. The van der Waals surface area contributed by atoms with E-state index in [1.807, 2.05) is 4.90 Å². The second kappa shape index (κ2) is 9.40. The van der Waals surface area contributed by atoms with Crippen LogP contribution in [0.25, 0.3) is 0 Å². The lowest BCUT2D eigenvalue weighted by molar-refractivity contribution is -0.152. The summed E-state index contributed by atoms with van der Waals surface area (Å²) in [6.45, 7) is 2.83. The summed E-state index contributed by atoms with van der Waals surface area (Å²) in [4.78, 5) is 29.3. The van der Waals surface area contributed by atoms with E-state index in [-0.39, 0.29) is 29.9 Å². The molecular weight excluding hydrogens is 489 g/mol. The van der Waals surface area contributed by atoms with Crippen LogP contribution < -0.4 is 16.4 Å². The molecule has 5 rings (SSSR count). The van der Waals surface area contributed by atoms with Crippen molar-refractivity contribution in [3.63, 3.8) is 0 Å². The first-order valence-corrected chi connectivity index (χ1v) is 12.6. The Bertz CT molecular complexity index is 909. The van der Waals surface area contributed by atoms with Crippen molar-refractivity contribution in [3.8, 4) is 0 Å². The summed E-state index contributed by atoms with van der Waals surface area (Å²) < 4.78 is 5.46. The number of hydrazine groups is 2.